The molecular formula is C13H16Cl2N2O3. The average Bonchev–Trinajstić information content (AvgIpc) is 2.38. The first-order chi connectivity index (χ1) is 9.31. The van der Waals surface area contributed by atoms with Gasteiger partial charge in [0.05, 0.1) is 10.6 Å². The van der Waals surface area contributed by atoms with E-state index < -0.39 is 12.1 Å². The molecule has 1 aromatic rings. The maximum Gasteiger partial charge on any atom is 0.340 e. The summed E-state index contributed by atoms with van der Waals surface area (Å²) in [5, 5.41) is 2.93. The topological polar surface area (TPSA) is 68.3 Å². The fourth-order valence-electron chi connectivity index (χ4n) is 1.26. The SMILES string of the molecule is CC(C)CNC(=O)C(C)OC(=O)c1cnc(Cl)c(Cl)c1. The van der Waals surface area contributed by atoms with Crippen molar-refractivity contribution in [3.8, 4) is 0 Å². The second-order valence-corrected chi connectivity index (χ2v) is 5.45. The van der Waals surface area contributed by atoms with E-state index in [1.54, 1.807) is 0 Å². The van der Waals surface area contributed by atoms with Gasteiger partial charge in [0, 0.05) is 12.7 Å². The van der Waals surface area contributed by atoms with Gasteiger partial charge in [0.25, 0.3) is 5.91 Å². The van der Waals surface area contributed by atoms with Crippen LogP contribution in [0.1, 0.15) is 31.1 Å². The van der Waals surface area contributed by atoms with Gasteiger partial charge in [-0.05, 0) is 18.9 Å². The van der Waals surface area contributed by atoms with Gasteiger partial charge in [-0.25, -0.2) is 9.78 Å². The fourth-order valence-corrected chi connectivity index (χ4v) is 1.53. The Kier molecular flexibility index (Phi) is 6.23. The van der Waals surface area contributed by atoms with Crippen molar-refractivity contribution in [3.05, 3.63) is 28.0 Å². The number of amides is 1. The molecule has 1 unspecified atom stereocenters. The van der Waals surface area contributed by atoms with Crippen molar-refractivity contribution in [3.63, 3.8) is 0 Å². The molecule has 1 rings (SSSR count). The highest BCUT2D eigenvalue weighted by atomic mass is 35.5. The van der Waals surface area contributed by atoms with Crippen molar-refractivity contribution >= 4 is 35.1 Å². The summed E-state index contributed by atoms with van der Waals surface area (Å²) in [5.41, 5.74) is 0.142. The van der Waals surface area contributed by atoms with Crippen LogP contribution in [0.3, 0.4) is 0 Å². The van der Waals surface area contributed by atoms with Crippen LogP contribution in [0.2, 0.25) is 10.2 Å². The molecule has 0 fully saturated rings. The van der Waals surface area contributed by atoms with Crippen molar-refractivity contribution in [1.82, 2.24) is 10.3 Å². The molecular weight excluding hydrogens is 303 g/mol. The smallest absolute Gasteiger partial charge is 0.340 e. The summed E-state index contributed by atoms with van der Waals surface area (Å²) in [7, 11) is 0. The predicted octanol–water partition coefficient (Wildman–Crippen LogP) is 2.71. The predicted molar refractivity (Wildman–Crippen MR) is 77.0 cm³/mol. The fraction of sp³-hybridized carbons (Fsp3) is 0.462. The van der Waals surface area contributed by atoms with Crippen LogP contribution in [0.4, 0.5) is 0 Å². The number of carbonyl (C=O) groups excluding carboxylic acids is 2. The van der Waals surface area contributed by atoms with Crippen molar-refractivity contribution in [2.24, 2.45) is 5.92 Å². The molecule has 0 bridgehead atoms. The molecule has 0 aliphatic rings. The van der Waals surface area contributed by atoms with Crippen LogP contribution < -0.4 is 5.32 Å². The first-order valence-corrected chi connectivity index (χ1v) is 6.86. The molecule has 0 aliphatic carbocycles. The maximum absolute atomic E-state index is 11.8. The highest BCUT2D eigenvalue weighted by molar-refractivity contribution is 6.41. The lowest BCUT2D eigenvalue weighted by Gasteiger charge is -2.14. The summed E-state index contributed by atoms with van der Waals surface area (Å²) in [6, 6.07) is 1.35. The van der Waals surface area contributed by atoms with Gasteiger partial charge in [-0.15, -0.1) is 0 Å². The van der Waals surface area contributed by atoms with Crippen LogP contribution in [-0.2, 0) is 9.53 Å². The Morgan fingerprint density at radius 1 is 1.35 bits per heavy atom. The number of aromatic nitrogens is 1. The van der Waals surface area contributed by atoms with Gasteiger partial charge in [0.2, 0.25) is 0 Å². The van der Waals surface area contributed by atoms with Crippen LogP contribution in [-0.4, -0.2) is 29.5 Å². The third-order valence-electron chi connectivity index (χ3n) is 2.37. The van der Waals surface area contributed by atoms with Gasteiger partial charge < -0.3 is 10.1 Å². The number of nitrogens with one attached hydrogen (secondary N) is 1. The number of nitrogens with zero attached hydrogens (tertiary/aromatic N) is 1. The first kappa shape index (κ1) is 16.7. The average molecular weight is 319 g/mol. The van der Waals surface area contributed by atoms with Gasteiger partial charge in [-0.1, -0.05) is 37.0 Å². The molecule has 1 heterocycles. The molecule has 110 valence electrons. The van der Waals surface area contributed by atoms with Crippen LogP contribution in [0, 0.1) is 5.92 Å². The number of carbonyl (C=O) groups is 2. The largest absolute Gasteiger partial charge is 0.449 e. The number of rotatable bonds is 5. The van der Waals surface area contributed by atoms with Crippen molar-refractivity contribution in [2.45, 2.75) is 26.9 Å². The van der Waals surface area contributed by atoms with Crippen LogP contribution in [0.5, 0.6) is 0 Å². The van der Waals surface area contributed by atoms with Crippen LogP contribution in [0.25, 0.3) is 0 Å². The molecule has 0 saturated carbocycles. The third-order valence-corrected chi connectivity index (χ3v) is 3.06. The second kappa shape index (κ2) is 7.45. The summed E-state index contributed by atoms with van der Waals surface area (Å²) < 4.78 is 5.03. The van der Waals surface area contributed by atoms with Crippen molar-refractivity contribution in [1.29, 1.82) is 0 Å². The number of halogens is 2. The third kappa shape index (κ3) is 4.98. The lowest BCUT2D eigenvalue weighted by molar-refractivity contribution is -0.129. The van der Waals surface area contributed by atoms with Crippen LogP contribution in [0.15, 0.2) is 12.3 Å². The molecule has 1 aromatic heterocycles. The standard InChI is InChI=1S/C13H16Cl2N2O3/c1-7(2)5-17-12(18)8(3)20-13(19)9-4-10(14)11(15)16-6-9/h4,6-8H,5H2,1-3H3,(H,17,18). The van der Waals surface area contributed by atoms with Gasteiger partial charge in [0.15, 0.2) is 6.10 Å². The Balaban J connectivity index is 2.60. The lowest BCUT2D eigenvalue weighted by Crippen LogP contribution is -2.37. The Morgan fingerprint density at radius 2 is 2.00 bits per heavy atom. The highest BCUT2D eigenvalue weighted by Gasteiger charge is 2.19. The van der Waals surface area contributed by atoms with Gasteiger partial charge in [-0.2, -0.15) is 0 Å². The zero-order valence-electron chi connectivity index (χ0n) is 11.4. The quantitative estimate of drug-likeness (QED) is 0.669. The summed E-state index contributed by atoms with van der Waals surface area (Å²) in [5.74, 6) is -0.704. The molecule has 0 spiro atoms. The molecule has 0 radical (unpaired) electrons. The monoisotopic (exact) mass is 318 g/mol. The van der Waals surface area contributed by atoms with E-state index in [0.29, 0.717) is 12.5 Å². The van der Waals surface area contributed by atoms with Crippen molar-refractivity contribution < 1.29 is 14.3 Å². The minimum absolute atomic E-state index is 0.103. The minimum atomic E-state index is -0.893. The molecule has 1 N–H and O–H groups in total. The molecule has 1 atom stereocenters. The van der Waals surface area contributed by atoms with E-state index in [1.165, 1.54) is 19.2 Å². The Bertz CT molecular complexity index is 506. The molecule has 0 saturated heterocycles. The minimum Gasteiger partial charge on any atom is -0.449 e. The van der Waals surface area contributed by atoms with E-state index in [1.807, 2.05) is 13.8 Å². The number of hydrogen-bond donors (Lipinski definition) is 1. The highest BCUT2D eigenvalue weighted by Crippen LogP contribution is 2.20. The van der Waals surface area contributed by atoms with E-state index in [9.17, 15) is 9.59 Å². The van der Waals surface area contributed by atoms with Crippen LogP contribution >= 0.6 is 23.2 Å². The van der Waals surface area contributed by atoms with E-state index in [2.05, 4.69) is 10.3 Å². The number of hydrogen-bond acceptors (Lipinski definition) is 4. The summed E-state index contributed by atoms with van der Waals surface area (Å²) >= 11 is 11.4. The molecule has 1 amide bonds. The van der Waals surface area contributed by atoms with Gasteiger partial charge in [0.1, 0.15) is 5.15 Å². The van der Waals surface area contributed by atoms with E-state index in [-0.39, 0.29) is 21.6 Å². The normalized spacial score (nSPS) is 12.1. The number of pyridine rings is 1. The second-order valence-electron chi connectivity index (χ2n) is 4.68. The Labute approximate surface area is 127 Å². The summed E-state index contributed by atoms with van der Waals surface area (Å²) in [6.07, 6.45) is 0.352. The molecule has 20 heavy (non-hydrogen) atoms. The van der Waals surface area contributed by atoms with E-state index >= 15 is 0 Å². The van der Waals surface area contributed by atoms with Gasteiger partial charge in [-0.3, -0.25) is 4.79 Å². The van der Waals surface area contributed by atoms with E-state index in [0.717, 1.165) is 0 Å². The maximum atomic E-state index is 11.8. The Morgan fingerprint density at radius 3 is 2.55 bits per heavy atom. The lowest BCUT2D eigenvalue weighted by atomic mass is 10.2. The van der Waals surface area contributed by atoms with Crippen molar-refractivity contribution in [2.75, 3.05) is 6.54 Å². The van der Waals surface area contributed by atoms with Gasteiger partial charge >= 0.3 is 5.97 Å². The number of esters is 1. The van der Waals surface area contributed by atoms with E-state index in [4.69, 9.17) is 27.9 Å². The zero-order chi connectivity index (χ0) is 15.3. The number of ether oxygens (including phenoxy) is 1. The zero-order valence-corrected chi connectivity index (χ0v) is 13.0. The summed E-state index contributed by atoms with van der Waals surface area (Å²) in [4.78, 5) is 27.2. The molecule has 0 aliphatic heterocycles. The Hall–Kier alpha value is -1.33. The first-order valence-electron chi connectivity index (χ1n) is 6.11. The molecule has 5 nitrogen and oxygen atoms in total. The molecule has 0 aromatic carbocycles. The summed E-state index contributed by atoms with van der Waals surface area (Å²) in [6.45, 7) is 5.96. The molecule has 7 heteroatoms.